The normalized spacial score (nSPS) is 21.9. The number of aromatic nitrogens is 2. The van der Waals surface area contributed by atoms with Crippen molar-refractivity contribution >= 4 is 0 Å². The molecule has 1 unspecified atom stereocenters. The highest BCUT2D eigenvalue weighted by Crippen LogP contribution is 2.16. The van der Waals surface area contributed by atoms with Crippen LogP contribution < -0.4 is 4.68 Å². The molecule has 1 aromatic heterocycles. The van der Waals surface area contributed by atoms with Crippen molar-refractivity contribution < 1.29 is 13.9 Å². The summed E-state index contributed by atoms with van der Waals surface area (Å²) in [5, 5.41) is 3.84. The molecule has 2 rings (SSSR count). The van der Waals surface area contributed by atoms with Gasteiger partial charge in [0.15, 0.2) is 11.5 Å². The molecule has 4 heteroatoms. The van der Waals surface area contributed by atoms with E-state index in [2.05, 4.69) is 26.0 Å². The van der Waals surface area contributed by atoms with Gasteiger partial charge in [0, 0.05) is 0 Å². The van der Waals surface area contributed by atoms with E-state index in [1.807, 2.05) is 4.68 Å². The number of rotatable bonds is 1. The second-order valence-corrected chi connectivity index (χ2v) is 4.43. The van der Waals surface area contributed by atoms with Crippen molar-refractivity contribution in [2.45, 2.75) is 45.4 Å². The lowest BCUT2D eigenvalue weighted by Gasteiger charge is -2.22. The summed E-state index contributed by atoms with van der Waals surface area (Å²) in [5.41, 5.74) is 1.04. The second kappa shape index (κ2) is 2.80. The summed E-state index contributed by atoms with van der Waals surface area (Å²) in [6.07, 6.45) is 2.84. The average molecular weight is 183 g/mol. The van der Waals surface area contributed by atoms with Crippen LogP contribution in [0.3, 0.4) is 0 Å². The molecule has 13 heavy (non-hydrogen) atoms. The van der Waals surface area contributed by atoms with E-state index >= 15 is 0 Å². The maximum atomic E-state index is 5.84. The SMILES string of the molecule is CC(C)(C)OC1Cc2con[n+]2C1. The Morgan fingerprint density at radius 3 is 3.00 bits per heavy atom. The maximum absolute atomic E-state index is 5.84. The molecule has 1 aliphatic heterocycles. The van der Waals surface area contributed by atoms with E-state index in [4.69, 9.17) is 9.26 Å². The van der Waals surface area contributed by atoms with Gasteiger partial charge < -0.3 is 9.26 Å². The van der Waals surface area contributed by atoms with Crippen LogP contribution in [0.1, 0.15) is 26.5 Å². The zero-order valence-electron chi connectivity index (χ0n) is 8.28. The van der Waals surface area contributed by atoms with Crippen LogP contribution in [0.2, 0.25) is 0 Å². The first-order valence-electron chi connectivity index (χ1n) is 4.56. The van der Waals surface area contributed by atoms with Crippen LogP contribution in [-0.2, 0) is 17.7 Å². The lowest BCUT2D eigenvalue weighted by atomic mass is 10.1. The third kappa shape index (κ3) is 1.88. The fraction of sp³-hybridized carbons (Fsp3) is 0.778. The summed E-state index contributed by atoms with van der Waals surface area (Å²) in [7, 11) is 0. The molecule has 1 aromatic rings. The van der Waals surface area contributed by atoms with E-state index in [0.29, 0.717) is 0 Å². The van der Waals surface area contributed by atoms with Gasteiger partial charge in [-0.2, -0.15) is 0 Å². The van der Waals surface area contributed by atoms with Crippen molar-refractivity contribution in [2.24, 2.45) is 0 Å². The third-order valence-corrected chi connectivity index (χ3v) is 2.00. The highest BCUT2D eigenvalue weighted by atomic mass is 16.5. The molecule has 0 radical (unpaired) electrons. The van der Waals surface area contributed by atoms with Crippen LogP contribution in [0.4, 0.5) is 0 Å². The largest absolute Gasteiger partial charge is 0.365 e. The summed E-state index contributed by atoms with van der Waals surface area (Å²) < 4.78 is 12.5. The van der Waals surface area contributed by atoms with E-state index in [1.165, 1.54) is 0 Å². The van der Waals surface area contributed by atoms with E-state index in [9.17, 15) is 0 Å². The third-order valence-electron chi connectivity index (χ3n) is 2.00. The molecule has 0 aromatic carbocycles. The number of ether oxygens (including phenoxy) is 1. The van der Waals surface area contributed by atoms with Crippen LogP contribution in [0, 0.1) is 0 Å². The van der Waals surface area contributed by atoms with Gasteiger partial charge in [0.1, 0.15) is 6.10 Å². The first-order chi connectivity index (χ1) is 6.04. The van der Waals surface area contributed by atoms with E-state index in [-0.39, 0.29) is 11.7 Å². The van der Waals surface area contributed by atoms with Crippen LogP contribution in [-0.4, -0.2) is 17.0 Å². The molecule has 1 atom stereocenters. The Morgan fingerprint density at radius 1 is 1.62 bits per heavy atom. The summed E-state index contributed by atoms with van der Waals surface area (Å²) in [6.45, 7) is 7.01. The van der Waals surface area contributed by atoms with Gasteiger partial charge in [-0.25, -0.2) is 0 Å². The van der Waals surface area contributed by atoms with Crippen LogP contribution in [0.25, 0.3) is 0 Å². The lowest BCUT2D eigenvalue weighted by Crippen LogP contribution is -2.39. The molecule has 4 nitrogen and oxygen atoms in total. The highest BCUT2D eigenvalue weighted by molar-refractivity contribution is 4.88. The fourth-order valence-corrected chi connectivity index (χ4v) is 1.63. The molecule has 0 amide bonds. The molecule has 0 fully saturated rings. The van der Waals surface area contributed by atoms with Gasteiger partial charge in [0.25, 0.3) is 5.69 Å². The molecule has 0 saturated heterocycles. The highest BCUT2D eigenvalue weighted by Gasteiger charge is 2.35. The number of fused-ring (bicyclic) bond motifs is 1. The zero-order valence-corrected chi connectivity index (χ0v) is 8.28. The molecule has 2 heterocycles. The van der Waals surface area contributed by atoms with E-state index in [0.717, 1.165) is 18.7 Å². The lowest BCUT2D eigenvalue weighted by molar-refractivity contribution is -0.760. The summed E-state index contributed by atoms with van der Waals surface area (Å²) in [6, 6.07) is 0. The summed E-state index contributed by atoms with van der Waals surface area (Å²) in [4.78, 5) is 0. The smallest absolute Gasteiger partial charge is 0.252 e. The molecular weight excluding hydrogens is 168 g/mol. The van der Waals surface area contributed by atoms with Crippen molar-refractivity contribution in [3.05, 3.63) is 12.0 Å². The van der Waals surface area contributed by atoms with Gasteiger partial charge >= 0.3 is 0 Å². The fourth-order valence-electron chi connectivity index (χ4n) is 1.63. The minimum Gasteiger partial charge on any atom is -0.365 e. The molecule has 0 N–H and O–H groups in total. The Labute approximate surface area is 77.5 Å². The van der Waals surface area contributed by atoms with E-state index < -0.39 is 0 Å². The predicted octanol–water partition coefficient (Wildman–Crippen LogP) is 0.702. The molecular formula is C9H15N2O2+. The Balaban J connectivity index is 1.99. The minimum atomic E-state index is -0.0775. The standard InChI is InChI=1S/C9H15N2O2/c1-9(2,3)13-8-4-7-6-12-10-11(7)5-8/h6,8H,4-5H2,1-3H3/q+1. The quantitative estimate of drug-likeness (QED) is 0.602. The van der Waals surface area contributed by atoms with Crippen LogP contribution in [0.5, 0.6) is 0 Å². The van der Waals surface area contributed by atoms with Gasteiger partial charge in [0.05, 0.1) is 12.0 Å². The number of hydrogen-bond donors (Lipinski definition) is 0. The molecule has 0 aliphatic carbocycles. The van der Waals surface area contributed by atoms with Crippen LogP contribution in [0.15, 0.2) is 10.8 Å². The number of hydrogen-bond acceptors (Lipinski definition) is 3. The predicted molar refractivity (Wildman–Crippen MR) is 45.0 cm³/mol. The van der Waals surface area contributed by atoms with Crippen molar-refractivity contribution in [1.29, 1.82) is 0 Å². The van der Waals surface area contributed by atoms with E-state index in [1.54, 1.807) is 6.26 Å². The molecule has 72 valence electrons. The summed E-state index contributed by atoms with van der Waals surface area (Å²) >= 11 is 0. The molecule has 0 spiro atoms. The molecule has 0 saturated carbocycles. The van der Waals surface area contributed by atoms with Gasteiger partial charge in [0.2, 0.25) is 6.54 Å². The van der Waals surface area contributed by atoms with Gasteiger partial charge in [-0.1, -0.05) is 0 Å². The minimum absolute atomic E-state index is 0.0775. The summed E-state index contributed by atoms with van der Waals surface area (Å²) in [5.74, 6) is 0. The van der Waals surface area contributed by atoms with Crippen molar-refractivity contribution in [3.63, 3.8) is 0 Å². The monoisotopic (exact) mass is 183 g/mol. The van der Waals surface area contributed by atoms with Crippen LogP contribution >= 0.6 is 0 Å². The first-order valence-corrected chi connectivity index (χ1v) is 4.56. The number of nitrogens with zero attached hydrogens (tertiary/aromatic N) is 2. The molecule has 0 bridgehead atoms. The van der Waals surface area contributed by atoms with Gasteiger partial charge in [-0.3, -0.25) is 0 Å². The second-order valence-electron chi connectivity index (χ2n) is 4.43. The van der Waals surface area contributed by atoms with Crippen molar-refractivity contribution in [1.82, 2.24) is 5.27 Å². The van der Waals surface area contributed by atoms with Gasteiger partial charge in [-0.15, -0.1) is 0 Å². The van der Waals surface area contributed by atoms with Crippen molar-refractivity contribution in [3.8, 4) is 0 Å². The zero-order chi connectivity index (χ0) is 9.47. The maximum Gasteiger partial charge on any atom is 0.252 e. The topological polar surface area (TPSA) is 39.1 Å². The Bertz CT molecular complexity index is 280. The first kappa shape index (κ1) is 8.69. The average Bonchev–Trinajstić information content (AvgIpc) is 2.40. The Kier molecular flexibility index (Phi) is 1.87. The Morgan fingerprint density at radius 2 is 2.38 bits per heavy atom. The molecule has 1 aliphatic rings. The van der Waals surface area contributed by atoms with Crippen molar-refractivity contribution in [2.75, 3.05) is 0 Å². The van der Waals surface area contributed by atoms with Gasteiger partial charge in [-0.05, 0) is 25.5 Å². The Hall–Kier alpha value is -0.900.